The van der Waals surface area contributed by atoms with Crippen molar-refractivity contribution in [3.8, 4) is 0 Å². The van der Waals surface area contributed by atoms with Crippen molar-refractivity contribution < 1.29 is 9.53 Å². The average molecular weight is 300 g/mol. The summed E-state index contributed by atoms with van der Waals surface area (Å²) in [7, 11) is 0. The van der Waals surface area contributed by atoms with Crippen molar-refractivity contribution in [2.24, 2.45) is 5.73 Å². The third kappa shape index (κ3) is 3.02. The molecule has 0 aliphatic carbocycles. The van der Waals surface area contributed by atoms with Gasteiger partial charge in [0.15, 0.2) is 0 Å². The SMILES string of the molecule is NC1(C(=O)Nc2cncc(Br)c2)CCOCC1. The Morgan fingerprint density at radius 3 is 2.82 bits per heavy atom. The number of halogens is 1. The lowest BCUT2D eigenvalue weighted by atomic mass is 9.90. The van der Waals surface area contributed by atoms with Crippen LogP contribution >= 0.6 is 15.9 Å². The molecule has 2 rings (SSSR count). The molecule has 0 atom stereocenters. The zero-order valence-corrected chi connectivity index (χ0v) is 10.9. The number of nitrogens with zero attached hydrogens (tertiary/aromatic N) is 1. The van der Waals surface area contributed by atoms with Crippen LogP contribution in [0.2, 0.25) is 0 Å². The molecule has 3 N–H and O–H groups in total. The van der Waals surface area contributed by atoms with Gasteiger partial charge in [0.25, 0.3) is 0 Å². The van der Waals surface area contributed by atoms with Crippen LogP contribution in [0.1, 0.15) is 12.8 Å². The van der Waals surface area contributed by atoms with Gasteiger partial charge >= 0.3 is 0 Å². The molecule has 92 valence electrons. The Kier molecular flexibility index (Phi) is 3.76. The van der Waals surface area contributed by atoms with Crippen LogP contribution in [0.15, 0.2) is 22.9 Å². The number of hydrogen-bond acceptors (Lipinski definition) is 4. The molecule has 1 aromatic heterocycles. The Morgan fingerprint density at radius 2 is 2.18 bits per heavy atom. The number of pyridine rings is 1. The molecular weight excluding hydrogens is 286 g/mol. The zero-order chi connectivity index (χ0) is 12.3. The minimum Gasteiger partial charge on any atom is -0.381 e. The fraction of sp³-hybridized carbons (Fsp3) is 0.455. The molecule has 1 fully saturated rings. The zero-order valence-electron chi connectivity index (χ0n) is 9.28. The number of carbonyl (C=O) groups excluding carboxylic acids is 1. The molecule has 0 bridgehead atoms. The highest BCUT2D eigenvalue weighted by atomic mass is 79.9. The van der Waals surface area contributed by atoms with E-state index in [1.807, 2.05) is 0 Å². The monoisotopic (exact) mass is 299 g/mol. The second kappa shape index (κ2) is 5.12. The van der Waals surface area contributed by atoms with Crippen molar-refractivity contribution >= 4 is 27.5 Å². The van der Waals surface area contributed by atoms with Crippen molar-refractivity contribution in [1.82, 2.24) is 4.98 Å². The van der Waals surface area contributed by atoms with Gasteiger partial charge in [0.05, 0.1) is 11.9 Å². The number of nitrogens with two attached hydrogens (primary N) is 1. The topological polar surface area (TPSA) is 77.2 Å². The van der Waals surface area contributed by atoms with Gasteiger partial charge in [-0.05, 0) is 34.8 Å². The van der Waals surface area contributed by atoms with Crippen LogP contribution in [0.25, 0.3) is 0 Å². The summed E-state index contributed by atoms with van der Waals surface area (Å²) in [6, 6.07) is 1.79. The summed E-state index contributed by atoms with van der Waals surface area (Å²) in [6.45, 7) is 1.06. The van der Waals surface area contributed by atoms with Crippen molar-refractivity contribution in [3.05, 3.63) is 22.9 Å². The summed E-state index contributed by atoms with van der Waals surface area (Å²) >= 11 is 3.30. The molecule has 1 amide bonds. The summed E-state index contributed by atoms with van der Waals surface area (Å²) in [4.78, 5) is 16.0. The molecule has 0 spiro atoms. The lowest BCUT2D eigenvalue weighted by Gasteiger charge is -2.31. The molecule has 2 heterocycles. The van der Waals surface area contributed by atoms with Gasteiger partial charge in [-0.25, -0.2) is 0 Å². The van der Waals surface area contributed by atoms with E-state index in [0.717, 1.165) is 4.47 Å². The lowest BCUT2D eigenvalue weighted by Crippen LogP contribution is -2.54. The molecule has 1 saturated heterocycles. The van der Waals surface area contributed by atoms with Crippen LogP contribution in [-0.4, -0.2) is 29.6 Å². The highest BCUT2D eigenvalue weighted by molar-refractivity contribution is 9.10. The highest BCUT2D eigenvalue weighted by Crippen LogP contribution is 2.21. The van der Waals surface area contributed by atoms with Crippen molar-refractivity contribution in [2.75, 3.05) is 18.5 Å². The largest absolute Gasteiger partial charge is 0.381 e. The number of amides is 1. The Hall–Kier alpha value is -0.980. The van der Waals surface area contributed by atoms with Crippen LogP contribution in [0, 0.1) is 0 Å². The van der Waals surface area contributed by atoms with Gasteiger partial charge in [0, 0.05) is 23.9 Å². The lowest BCUT2D eigenvalue weighted by molar-refractivity contribution is -0.124. The van der Waals surface area contributed by atoms with Gasteiger partial charge in [-0.1, -0.05) is 0 Å². The number of anilines is 1. The summed E-state index contributed by atoms with van der Waals surface area (Å²) in [5.74, 6) is -0.180. The van der Waals surface area contributed by atoms with Gasteiger partial charge < -0.3 is 15.8 Å². The quantitative estimate of drug-likeness (QED) is 0.863. The molecule has 6 heteroatoms. The third-order valence-corrected chi connectivity index (χ3v) is 3.23. The smallest absolute Gasteiger partial charge is 0.244 e. The maximum Gasteiger partial charge on any atom is 0.244 e. The number of hydrogen-bond donors (Lipinski definition) is 2. The maximum absolute atomic E-state index is 12.1. The fourth-order valence-electron chi connectivity index (χ4n) is 1.70. The number of aromatic nitrogens is 1. The first-order chi connectivity index (χ1) is 8.10. The third-order valence-electron chi connectivity index (χ3n) is 2.80. The highest BCUT2D eigenvalue weighted by Gasteiger charge is 2.35. The van der Waals surface area contributed by atoms with E-state index in [4.69, 9.17) is 10.5 Å². The van der Waals surface area contributed by atoms with E-state index in [1.54, 1.807) is 18.5 Å². The minimum absolute atomic E-state index is 0.180. The molecule has 1 aliphatic rings. The van der Waals surface area contributed by atoms with E-state index in [1.165, 1.54) is 0 Å². The molecule has 0 radical (unpaired) electrons. The predicted molar refractivity (Wildman–Crippen MR) is 67.5 cm³/mol. The number of nitrogens with one attached hydrogen (secondary N) is 1. The molecule has 5 nitrogen and oxygen atoms in total. The number of carbonyl (C=O) groups is 1. The number of rotatable bonds is 2. The van der Waals surface area contributed by atoms with E-state index in [0.29, 0.717) is 31.7 Å². The first kappa shape index (κ1) is 12.5. The van der Waals surface area contributed by atoms with E-state index in [2.05, 4.69) is 26.2 Å². The summed E-state index contributed by atoms with van der Waals surface area (Å²) in [6.07, 6.45) is 4.33. The molecule has 1 aromatic rings. The summed E-state index contributed by atoms with van der Waals surface area (Å²) in [5, 5.41) is 2.78. The van der Waals surface area contributed by atoms with Crippen LogP contribution in [0.3, 0.4) is 0 Å². The fourth-order valence-corrected chi connectivity index (χ4v) is 2.06. The number of ether oxygens (including phenoxy) is 1. The molecule has 0 aromatic carbocycles. The van der Waals surface area contributed by atoms with Crippen LogP contribution < -0.4 is 11.1 Å². The first-order valence-corrected chi connectivity index (χ1v) is 6.18. The van der Waals surface area contributed by atoms with Gasteiger partial charge in [-0.3, -0.25) is 9.78 Å². The van der Waals surface area contributed by atoms with Crippen LogP contribution in [0.4, 0.5) is 5.69 Å². The Bertz CT molecular complexity index is 419. The normalized spacial score (nSPS) is 18.7. The van der Waals surface area contributed by atoms with E-state index in [9.17, 15) is 4.79 Å². The predicted octanol–water partition coefficient (Wildman–Crippen LogP) is 1.29. The van der Waals surface area contributed by atoms with E-state index < -0.39 is 5.54 Å². The molecule has 0 saturated carbocycles. The van der Waals surface area contributed by atoms with Crippen molar-refractivity contribution in [3.63, 3.8) is 0 Å². The Labute approximate surface area is 108 Å². The van der Waals surface area contributed by atoms with Gasteiger partial charge in [-0.2, -0.15) is 0 Å². The Morgan fingerprint density at radius 1 is 1.47 bits per heavy atom. The second-order valence-corrected chi connectivity index (χ2v) is 5.03. The van der Waals surface area contributed by atoms with E-state index >= 15 is 0 Å². The molecule has 0 unspecified atom stereocenters. The maximum atomic E-state index is 12.1. The summed E-state index contributed by atoms with van der Waals surface area (Å²) < 4.78 is 6.02. The standard InChI is InChI=1S/C11H14BrN3O2/c12-8-5-9(7-14-6-8)15-10(16)11(13)1-3-17-4-2-11/h5-7H,1-4,13H2,(H,15,16). The second-order valence-electron chi connectivity index (χ2n) is 4.11. The van der Waals surface area contributed by atoms with Crippen LogP contribution in [-0.2, 0) is 9.53 Å². The molecule has 17 heavy (non-hydrogen) atoms. The molecular formula is C11H14BrN3O2. The van der Waals surface area contributed by atoms with Crippen molar-refractivity contribution in [1.29, 1.82) is 0 Å². The van der Waals surface area contributed by atoms with Gasteiger partial charge in [0.1, 0.15) is 5.54 Å². The van der Waals surface area contributed by atoms with Gasteiger partial charge in [-0.15, -0.1) is 0 Å². The van der Waals surface area contributed by atoms with Gasteiger partial charge in [0.2, 0.25) is 5.91 Å². The first-order valence-electron chi connectivity index (χ1n) is 5.39. The van der Waals surface area contributed by atoms with E-state index in [-0.39, 0.29) is 5.91 Å². The minimum atomic E-state index is -0.833. The van der Waals surface area contributed by atoms with Crippen LogP contribution in [0.5, 0.6) is 0 Å². The summed E-state index contributed by atoms with van der Waals surface area (Å²) in [5.41, 5.74) is 5.87. The Balaban J connectivity index is 2.05. The average Bonchev–Trinajstić information content (AvgIpc) is 2.30. The molecule has 1 aliphatic heterocycles. The van der Waals surface area contributed by atoms with Crippen molar-refractivity contribution in [2.45, 2.75) is 18.4 Å².